The van der Waals surface area contributed by atoms with Crippen LogP contribution in [0.25, 0.3) is 0 Å². The molecule has 1 fully saturated rings. The minimum atomic E-state index is -3.61. The van der Waals surface area contributed by atoms with E-state index in [2.05, 4.69) is 9.71 Å². The molecule has 20 heavy (non-hydrogen) atoms. The highest BCUT2D eigenvalue weighted by molar-refractivity contribution is 7.89. The molecule has 1 aromatic heterocycles. The van der Waals surface area contributed by atoms with Crippen LogP contribution in [0.1, 0.15) is 45.4 Å². The fraction of sp³-hybridized carbons (Fsp3) is 0.769. The van der Waals surface area contributed by atoms with Gasteiger partial charge in [-0.05, 0) is 25.2 Å². The first-order valence-corrected chi connectivity index (χ1v) is 8.73. The maximum atomic E-state index is 12.5. The van der Waals surface area contributed by atoms with Crippen LogP contribution in [0.15, 0.2) is 11.4 Å². The van der Waals surface area contributed by atoms with Crippen LogP contribution in [-0.2, 0) is 17.1 Å². The fourth-order valence-corrected chi connectivity index (χ4v) is 4.69. The first-order chi connectivity index (χ1) is 9.45. The van der Waals surface area contributed by atoms with Gasteiger partial charge in [0.25, 0.3) is 10.0 Å². The van der Waals surface area contributed by atoms with Crippen LogP contribution in [0, 0.1) is 5.92 Å². The molecule has 1 aliphatic carbocycles. The average molecular weight is 300 g/mol. The summed E-state index contributed by atoms with van der Waals surface area (Å²) in [6.45, 7) is 2.02. The Balaban J connectivity index is 2.17. The second kappa shape index (κ2) is 6.13. The molecule has 7 heteroatoms. The van der Waals surface area contributed by atoms with Gasteiger partial charge in [-0.2, -0.15) is 0 Å². The summed E-state index contributed by atoms with van der Waals surface area (Å²) in [7, 11) is -1.98. The number of hydrogen-bond acceptors (Lipinski definition) is 4. The molecule has 1 atom stereocenters. The lowest BCUT2D eigenvalue weighted by molar-refractivity contribution is 0.285. The smallest absolute Gasteiger partial charge is 0.260 e. The van der Waals surface area contributed by atoms with Crippen LogP contribution in [0.4, 0.5) is 5.82 Å². The molecule has 0 bridgehead atoms. The highest BCUT2D eigenvalue weighted by Gasteiger charge is 2.29. The normalized spacial score (nSPS) is 19.1. The van der Waals surface area contributed by atoms with Crippen molar-refractivity contribution < 1.29 is 8.42 Å². The zero-order valence-electron chi connectivity index (χ0n) is 12.2. The molecule has 1 unspecified atom stereocenters. The Labute approximate surface area is 120 Å². The van der Waals surface area contributed by atoms with E-state index in [-0.39, 0.29) is 16.9 Å². The molecule has 0 radical (unpaired) electrons. The molecular weight excluding hydrogens is 276 g/mol. The number of sulfonamides is 1. The van der Waals surface area contributed by atoms with E-state index in [4.69, 9.17) is 5.73 Å². The number of hydrogen-bond donors (Lipinski definition) is 2. The van der Waals surface area contributed by atoms with Crippen LogP contribution in [0.2, 0.25) is 0 Å². The van der Waals surface area contributed by atoms with Gasteiger partial charge in [-0.1, -0.05) is 26.2 Å². The molecule has 114 valence electrons. The minimum Gasteiger partial charge on any atom is -0.381 e. The molecule has 1 heterocycles. The van der Waals surface area contributed by atoms with Gasteiger partial charge >= 0.3 is 0 Å². The Kier molecular flexibility index (Phi) is 4.70. The largest absolute Gasteiger partial charge is 0.381 e. The minimum absolute atomic E-state index is 0.0189. The standard InChI is InChI=1S/C13H24N4O2S/c1-3-11(10-7-5-4-6-8-10)16-20(18,19)13-12(14)15-9-17(13)2/h9-11,16H,3-8,14H2,1-2H3. The molecule has 0 spiro atoms. The van der Waals surface area contributed by atoms with Gasteiger partial charge in [0.15, 0.2) is 10.8 Å². The number of nitrogens with one attached hydrogen (secondary N) is 1. The predicted octanol–water partition coefficient (Wildman–Crippen LogP) is 1.64. The van der Waals surface area contributed by atoms with Crippen molar-refractivity contribution in [3.63, 3.8) is 0 Å². The SMILES string of the molecule is CCC(NS(=O)(=O)c1c(N)ncn1C)C1CCCCC1. The van der Waals surface area contributed by atoms with Gasteiger partial charge in [-0.15, -0.1) is 0 Å². The molecule has 2 rings (SSSR count). The summed E-state index contributed by atoms with van der Waals surface area (Å²) in [5, 5.41) is 0.0618. The number of anilines is 1. The number of aryl methyl sites for hydroxylation is 1. The third-order valence-electron chi connectivity index (χ3n) is 4.13. The highest BCUT2D eigenvalue weighted by Crippen LogP contribution is 2.29. The van der Waals surface area contributed by atoms with Crippen molar-refractivity contribution in [3.05, 3.63) is 6.33 Å². The summed E-state index contributed by atoms with van der Waals surface area (Å²) in [4.78, 5) is 3.85. The number of aromatic nitrogens is 2. The second-order valence-corrected chi connectivity index (χ2v) is 7.21. The van der Waals surface area contributed by atoms with E-state index >= 15 is 0 Å². The van der Waals surface area contributed by atoms with Gasteiger partial charge in [0.1, 0.15) is 0 Å². The summed E-state index contributed by atoms with van der Waals surface area (Å²) in [5.74, 6) is 0.483. The third-order valence-corrected chi connectivity index (χ3v) is 5.75. The second-order valence-electron chi connectivity index (χ2n) is 5.58. The van der Waals surface area contributed by atoms with Gasteiger partial charge < -0.3 is 10.3 Å². The van der Waals surface area contributed by atoms with Crippen molar-refractivity contribution in [2.24, 2.45) is 13.0 Å². The zero-order valence-corrected chi connectivity index (χ0v) is 13.0. The number of imidazole rings is 1. The number of nitrogens with zero attached hydrogens (tertiary/aromatic N) is 2. The first kappa shape index (κ1) is 15.3. The van der Waals surface area contributed by atoms with Crippen molar-refractivity contribution >= 4 is 15.8 Å². The van der Waals surface area contributed by atoms with E-state index in [0.717, 1.165) is 19.3 Å². The molecule has 0 aliphatic heterocycles. The summed E-state index contributed by atoms with van der Waals surface area (Å²) in [6.07, 6.45) is 8.05. The Morgan fingerprint density at radius 2 is 2.10 bits per heavy atom. The van der Waals surface area contributed by atoms with E-state index in [0.29, 0.717) is 5.92 Å². The summed E-state index contributed by atoms with van der Waals surface area (Å²) >= 11 is 0. The van der Waals surface area contributed by atoms with E-state index in [9.17, 15) is 8.42 Å². The van der Waals surface area contributed by atoms with E-state index < -0.39 is 10.0 Å². The molecule has 1 saturated carbocycles. The monoisotopic (exact) mass is 300 g/mol. The Morgan fingerprint density at radius 1 is 1.45 bits per heavy atom. The van der Waals surface area contributed by atoms with Crippen LogP contribution in [0.3, 0.4) is 0 Å². The topological polar surface area (TPSA) is 90.0 Å². The lowest BCUT2D eigenvalue weighted by Crippen LogP contribution is -2.41. The lowest BCUT2D eigenvalue weighted by Gasteiger charge is -2.30. The first-order valence-electron chi connectivity index (χ1n) is 7.24. The van der Waals surface area contributed by atoms with Crippen molar-refractivity contribution in [2.45, 2.75) is 56.5 Å². The van der Waals surface area contributed by atoms with E-state index in [1.165, 1.54) is 30.2 Å². The summed E-state index contributed by atoms with van der Waals surface area (Å²) in [5.41, 5.74) is 5.67. The molecule has 0 aromatic carbocycles. The van der Waals surface area contributed by atoms with Crippen molar-refractivity contribution in [2.75, 3.05) is 5.73 Å². The van der Waals surface area contributed by atoms with Gasteiger partial charge in [-0.25, -0.2) is 18.1 Å². The number of nitrogens with two attached hydrogens (primary N) is 1. The van der Waals surface area contributed by atoms with Crippen molar-refractivity contribution in [3.8, 4) is 0 Å². The average Bonchev–Trinajstić information content (AvgIpc) is 2.77. The molecular formula is C13H24N4O2S. The van der Waals surface area contributed by atoms with Crippen LogP contribution in [0.5, 0.6) is 0 Å². The molecule has 1 aromatic rings. The predicted molar refractivity (Wildman–Crippen MR) is 78.6 cm³/mol. The van der Waals surface area contributed by atoms with E-state index in [1.54, 1.807) is 7.05 Å². The summed E-state index contributed by atoms with van der Waals surface area (Å²) < 4.78 is 29.3. The zero-order chi connectivity index (χ0) is 14.8. The highest BCUT2D eigenvalue weighted by atomic mass is 32.2. The van der Waals surface area contributed by atoms with Gasteiger partial charge in [0, 0.05) is 13.1 Å². The van der Waals surface area contributed by atoms with E-state index in [1.807, 2.05) is 6.92 Å². The molecule has 0 saturated heterocycles. The van der Waals surface area contributed by atoms with Gasteiger partial charge in [0.2, 0.25) is 0 Å². The van der Waals surface area contributed by atoms with Crippen LogP contribution < -0.4 is 10.5 Å². The number of nitrogen functional groups attached to an aromatic ring is 1. The Morgan fingerprint density at radius 3 is 2.60 bits per heavy atom. The Bertz CT molecular complexity index is 527. The van der Waals surface area contributed by atoms with Gasteiger partial charge in [-0.3, -0.25) is 0 Å². The molecule has 6 nitrogen and oxygen atoms in total. The lowest BCUT2D eigenvalue weighted by atomic mass is 9.83. The maximum Gasteiger partial charge on any atom is 0.260 e. The third kappa shape index (κ3) is 3.15. The molecule has 1 aliphatic rings. The van der Waals surface area contributed by atoms with Crippen molar-refractivity contribution in [1.82, 2.24) is 14.3 Å². The number of rotatable bonds is 5. The Hall–Kier alpha value is -1.08. The van der Waals surface area contributed by atoms with Crippen molar-refractivity contribution in [1.29, 1.82) is 0 Å². The van der Waals surface area contributed by atoms with Crippen LogP contribution >= 0.6 is 0 Å². The summed E-state index contributed by atoms with van der Waals surface area (Å²) in [6, 6.07) is -0.0189. The quantitative estimate of drug-likeness (QED) is 0.865. The fourth-order valence-electron chi connectivity index (χ4n) is 3.07. The molecule has 3 N–H and O–H groups in total. The maximum absolute atomic E-state index is 12.5. The van der Waals surface area contributed by atoms with Gasteiger partial charge in [0.05, 0.1) is 6.33 Å². The molecule has 0 amide bonds. The van der Waals surface area contributed by atoms with Crippen LogP contribution in [-0.4, -0.2) is 24.0 Å².